The maximum absolute atomic E-state index is 12.1. The Bertz CT molecular complexity index is 896. The summed E-state index contributed by atoms with van der Waals surface area (Å²) in [7, 11) is 0. The maximum atomic E-state index is 12.1. The number of aromatic nitrogens is 1. The second-order valence-corrected chi connectivity index (χ2v) is 5.88. The molecule has 2 aromatic carbocycles. The first-order chi connectivity index (χ1) is 11.2. The molecule has 0 saturated carbocycles. The third-order valence-corrected chi connectivity index (χ3v) is 4.36. The van der Waals surface area contributed by atoms with Gasteiger partial charge in [0, 0.05) is 30.1 Å². The van der Waals surface area contributed by atoms with Crippen LogP contribution in [-0.2, 0) is 16.1 Å². The van der Waals surface area contributed by atoms with Gasteiger partial charge in [0.25, 0.3) is 0 Å². The molecule has 2 heterocycles. The van der Waals surface area contributed by atoms with E-state index in [1.54, 1.807) is 0 Å². The van der Waals surface area contributed by atoms with Gasteiger partial charge in [-0.25, -0.2) is 0 Å². The van der Waals surface area contributed by atoms with Gasteiger partial charge in [0.05, 0.1) is 5.92 Å². The van der Waals surface area contributed by atoms with Gasteiger partial charge < -0.3 is 4.57 Å². The second-order valence-electron chi connectivity index (χ2n) is 5.88. The van der Waals surface area contributed by atoms with Gasteiger partial charge in [-0.1, -0.05) is 48.5 Å². The van der Waals surface area contributed by atoms with Gasteiger partial charge in [-0.15, -0.1) is 0 Å². The number of imide groups is 1. The molecule has 0 aliphatic carbocycles. The second kappa shape index (κ2) is 5.39. The molecule has 1 aliphatic heterocycles. The lowest BCUT2D eigenvalue weighted by atomic mass is 9.97. The molecule has 1 atom stereocenters. The highest BCUT2D eigenvalue weighted by Gasteiger charge is 2.33. The Kier molecular flexibility index (Phi) is 3.23. The van der Waals surface area contributed by atoms with E-state index in [1.807, 2.05) is 42.6 Å². The quantitative estimate of drug-likeness (QED) is 0.757. The molecule has 1 N–H and O–H groups in total. The Balaban J connectivity index is 1.80. The van der Waals surface area contributed by atoms with E-state index < -0.39 is 0 Å². The van der Waals surface area contributed by atoms with Crippen molar-refractivity contribution in [3.63, 3.8) is 0 Å². The molecule has 0 bridgehead atoms. The van der Waals surface area contributed by atoms with E-state index in [-0.39, 0.29) is 24.2 Å². The lowest BCUT2D eigenvalue weighted by Gasteiger charge is -2.05. The van der Waals surface area contributed by atoms with Crippen molar-refractivity contribution in [1.82, 2.24) is 9.88 Å². The van der Waals surface area contributed by atoms with Crippen molar-refractivity contribution in [1.29, 1.82) is 0 Å². The van der Waals surface area contributed by atoms with Crippen LogP contribution in [0.4, 0.5) is 0 Å². The SMILES string of the molecule is O=C1CC(c2cn(Cc3ccccc3)c3ccccc23)C(=O)N1. The first-order valence-electron chi connectivity index (χ1n) is 7.68. The van der Waals surface area contributed by atoms with Gasteiger partial charge in [-0.3, -0.25) is 14.9 Å². The molecule has 1 saturated heterocycles. The maximum Gasteiger partial charge on any atom is 0.234 e. The monoisotopic (exact) mass is 304 g/mol. The van der Waals surface area contributed by atoms with Crippen LogP contribution in [0.3, 0.4) is 0 Å². The van der Waals surface area contributed by atoms with Crippen molar-refractivity contribution in [2.45, 2.75) is 18.9 Å². The predicted octanol–water partition coefficient (Wildman–Crippen LogP) is 2.82. The Morgan fingerprint density at radius 2 is 1.74 bits per heavy atom. The van der Waals surface area contributed by atoms with Crippen molar-refractivity contribution in [2.75, 3.05) is 0 Å². The molecule has 4 rings (SSSR count). The molecule has 4 heteroatoms. The summed E-state index contributed by atoms with van der Waals surface area (Å²) < 4.78 is 2.15. The number of amides is 2. The molecule has 1 fully saturated rings. The summed E-state index contributed by atoms with van der Waals surface area (Å²) in [6, 6.07) is 18.2. The number of nitrogens with one attached hydrogen (secondary N) is 1. The molecule has 2 amide bonds. The van der Waals surface area contributed by atoms with Crippen molar-refractivity contribution in [3.8, 4) is 0 Å². The fourth-order valence-electron chi connectivity index (χ4n) is 3.27. The van der Waals surface area contributed by atoms with Crippen LogP contribution in [0.1, 0.15) is 23.5 Å². The zero-order valence-corrected chi connectivity index (χ0v) is 12.5. The van der Waals surface area contributed by atoms with Gasteiger partial charge in [-0.2, -0.15) is 0 Å². The van der Waals surface area contributed by atoms with Crippen LogP contribution >= 0.6 is 0 Å². The Labute approximate surface area is 133 Å². The normalized spacial score (nSPS) is 17.7. The zero-order valence-electron chi connectivity index (χ0n) is 12.5. The molecule has 3 aromatic rings. The highest BCUT2D eigenvalue weighted by molar-refractivity contribution is 6.07. The van der Waals surface area contributed by atoms with E-state index in [2.05, 4.69) is 28.1 Å². The summed E-state index contributed by atoms with van der Waals surface area (Å²) in [5.41, 5.74) is 3.21. The molecule has 0 radical (unpaired) electrons. The van der Waals surface area contributed by atoms with E-state index >= 15 is 0 Å². The minimum atomic E-state index is -0.385. The molecule has 1 aromatic heterocycles. The first-order valence-corrected chi connectivity index (χ1v) is 7.68. The van der Waals surface area contributed by atoms with Gasteiger partial charge in [0.2, 0.25) is 11.8 Å². The molecule has 0 spiro atoms. The van der Waals surface area contributed by atoms with E-state index in [9.17, 15) is 9.59 Å². The molecular formula is C19H16N2O2. The van der Waals surface area contributed by atoms with Crippen LogP contribution in [0, 0.1) is 0 Å². The fourth-order valence-corrected chi connectivity index (χ4v) is 3.27. The average molecular weight is 304 g/mol. The lowest BCUT2D eigenvalue weighted by molar-refractivity contribution is -0.125. The molecule has 1 unspecified atom stereocenters. The molecule has 4 nitrogen and oxygen atoms in total. The van der Waals surface area contributed by atoms with Crippen molar-refractivity contribution < 1.29 is 9.59 Å². The molecular weight excluding hydrogens is 288 g/mol. The Morgan fingerprint density at radius 1 is 1.00 bits per heavy atom. The summed E-state index contributed by atoms with van der Waals surface area (Å²) in [5, 5.41) is 3.44. The largest absolute Gasteiger partial charge is 0.343 e. The summed E-state index contributed by atoms with van der Waals surface area (Å²) in [5.74, 6) is -0.776. The summed E-state index contributed by atoms with van der Waals surface area (Å²) in [4.78, 5) is 23.6. The van der Waals surface area contributed by atoms with Gasteiger partial charge >= 0.3 is 0 Å². The number of hydrogen-bond acceptors (Lipinski definition) is 2. The van der Waals surface area contributed by atoms with Crippen molar-refractivity contribution in [3.05, 3.63) is 71.9 Å². The molecule has 1 aliphatic rings. The van der Waals surface area contributed by atoms with E-state index in [1.165, 1.54) is 5.56 Å². The summed E-state index contributed by atoms with van der Waals surface area (Å²) >= 11 is 0. The number of carbonyl (C=O) groups excluding carboxylic acids is 2. The first kappa shape index (κ1) is 13.8. The van der Waals surface area contributed by atoms with Crippen molar-refractivity contribution >= 4 is 22.7 Å². The third kappa shape index (κ3) is 2.42. The van der Waals surface area contributed by atoms with Crippen LogP contribution in [0.2, 0.25) is 0 Å². The molecule has 23 heavy (non-hydrogen) atoms. The summed E-state index contributed by atoms with van der Waals surface area (Å²) in [6.45, 7) is 0.740. The van der Waals surface area contributed by atoms with Crippen molar-refractivity contribution in [2.24, 2.45) is 0 Å². The van der Waals surface area contributed by atoms with Crippen LogP contribution in [0.5, 0.6) is 0 Å². The minimum Gasteiger partial charge on any atom is -0.343 e. The third-order valence-electron chi connectivity index (χ3n) is 4.36. The zero-order chi connectivity index (χ0) is 15.8. The average Bonchev–Trinajstić information content (AvgIpc) is 3.08. The highest BCUT2D eigenvalue weighted by Crippen LogP contribution is 2.32. The van der Waals surface area contributed by atoms with Crippen LogP contribution in [-0.4, -0.2) is 16.4 Å². The topological polar surface area (TPSA) is 51.1 Å². The number of carbonyl (C=O) groups is 2. The minimum absolute atomic E-state index is 0.195. The fraction of sp³-hybridized carbons (Fsp3) is 0.158. The highest BCUT2D eigenvalue weighted by atomic mass is 16.2. The van der Waals surface area contributed by atoms with E-state index in [0.717, 1.165) is 23.0 Å². The number of nitrogens with zero attached hydrogens (tertiary/aromatic N) is 1. The predicted molar refractivity (Wildman–Crippen MR) is 88.0 cm³/mol. The molecule has 114 valence electrons. The van der Waals surface area contributed by atoms with E-state index in [0.29, 0.717) is 0 Å². The number of hydrogen-bond donors (Lipinski definition) is 1. The van der Waals surface area contributed by atoms with Gasteiger partial charge in [0.15, 0.2) is 0 Å². The van der Waals surface area contributed by atoms with Crippen LogP contribution < -0.4 is 5.32 Å². The van der Waals surface area contributed by atoms with Gasteiger partial charge in [-0.05, 0) is 17.2 Å². The van der Waals surface area contributed by atoms with Crippen LogP contribution in [0.25, 0.3) is 10.9 Å². The number of fused-ring (bicyclic) bond motifs is 1. The smallest absolute Gasteiger partial charge is 0.234 e. The number of para-hydroxylation sites is 1. The summed E-state index contributed by atoms with van der Waals surface area (Å²) in [6.07, 6.45) is 2.25. The Hall–Kier alpha value is -2.88. The van der Waals surface area contributed by atoms with E-state index in [4.69, 9.17) is 0 Å². The van der Waals surface area contributed by atoms with Gasteiger partial charge in [0.1, 0.15) is 0 Å². The van der Waals surface area contributed by atoms with Crippen LogP contribution in [0.15, 0.2) is 60.8 Å². The lowest BCUT2D eigenvalue weighted by Crippen LogP contribution is -2.21. The number of rotatable bonds is 3. The Morgan fingerprint density at radius 3 is 2.48 bits per heavy atom. The number of benzene rings is 2. The standard InChI is InChI=1S/C19H16N2O2/c22-18-10-15(19(23)20-18)16-12-21(11-13-6-2-1-3-7-13)17-9-5-4-8-14(16)17/h1-9,12,15H,10-11H2,(H,20,22,23).